The van der Waals surface area contributed by atoms with E-state index in [-0.39, 0.29) is 29.6 Å². The number of hydrogen-bond donors (Lipinski definition) is 1. The second-order valence-electron chi connectivity index (χ2n) is 7.84. The molecule has 0 bridgehead atoms. The number of nitrogens with zero attached hydrogens (tertiary/aromatic N) is 5. The number of carbonyl (C=O) groups is 1. The third-order valence-corrected chi connectivity index (χ3v) is 5.70. The Bertz CT molecular complexity index is 1160. The van der Waals surface area contributed by atoms with E-state index in [0.717, 1.165) is 25.7 Å². The van der Waals surface area contributed by atoms with Gasteiger partial charge in [0.25, 0.3) is 11.2 Å². The smallest absolute Gasteiger partial charge is 0.269 e. The van der Waals surface area contributed by atoms with Crippen molar-refractivity contribution in [3.63, 3.8) is 0 Å². The van der Waals surface area contributed by atoms with E-state index in [4.69, 9.17) is 0 Å². The van der Waals surface area contributed by atoms with Crippen LogP contribution in [0.3, 0.4) is 0 Å². The summed E-state index contributed by atoms with van der Waals surface area (Å²) in [7, 11) is 0. The first-order chi connectivity index (χ1) is 15.0. The highest BCUT2D eigenvalue weighted by Crippen LogP contribution is 2.23. The van der Waals surface area contributed by atoms with Crippen LogP contribution in [-0.4, -0.2) is 36.7 Å². The van der Waals surface area contributed by atoms with Crippen molar-refractivity contribution >= 4 is 22.6 Å². The molecule has 3 aromatic rings. The van der Waals surface area contributed by atoms with Crippen LogP contribution < -0.4 is 10.9 Å². The molecule has 0 aliphatic heterocycles. The van der Waals surface area contributed by atoms with Gasteiger partial charge in [0.15, 0.2) is 5.65 Å². The third-order valence-electron chi connectivity index (χ3n) is 5.70. The molecule has 0 saturated heterocycles. The van der Waals surface area contributed by atoms with Gasteiger partial charge in [-0.15, -0.1) is 0 Å². The number of non-ortho nitro benzene ring substituents is 1. The summed E-state index contributed by atoms with van der Waals surface area (Å²) in [5, 5.41) is 18.5. The molecular weight excluding hydrogens is 400 g/mol. The monoisotopic (exact) mass is 424 g/mol. The van der Waals surface area contributed by atoms with Crippen molar-refractivity contribution < 1.29 is 9.72 Å². The van der Waals surface area contributed by atoms with Gasteiger partial charge in [-0.3, -0.25) is 24.3 Å². The van der Waals surface area contributed by atoms with Crippen molar-refractivity contribution in [2.75, 3.05) is 6.54 Å². The number of nitrogens with one attached hydrogen (secondary N) is 1. The van der Waals surface area contributed by atoms with Crippen molar-refractivity contribution in [1.29, 1.82) is 0 Å². The fourth-order valence-electron chi connectivity index (χ4n) is 4.03. The van der Waals surface area contributed by atoms with Crippen LogP contribution in [0.1, 0.15) is 37.7 Å². The maximum absolute atomic E-state index is 12.8. The Kier molecular flexibility index (Phi) is 6.06. The van der Waals surface area contributed by atoms with Crippen LogP contribution in [0.2, 0.25) is 0 Å². The molecule has 1 aromatic carbocycles. The molecular formula is C21H24N6O4. The van der Waals surface area contributed by atoms with Gasteiger partial charge < -0.3 is 5.32 Å². The second kappa shape index (κ2) is 9.07. The molecule has 162 valence electrons. The Morgan fingerprint density at radius 1 is 1.26 bits per heavy atom. The van der Waals surface area contributed by atoms with E-state index in [1.807, 2.05) is 0 Å². The molecule has 4 rings (SSSR count). The Hall–Kier alpha value is -3.56. The van der Waals surface area contributed by atoms with Crippen molar-refractivity contribution in [3.05, 3.63) is 62.8 Å². The highest BCUT2D eigenvalue weighted by molar-refractivity contribution is 5.78. The van der Waals surface area contributed by atoms with Crippen LogP contribution in [0, 0.1) is 16.0 Å². The molecule has 1 fully saturated rings. The molecule has 1 N–H and O–H groups in total. The number of nitro benzene ring substituents is 1. The summed E-state index contributed by atoms with van der Waals surface area (Å²) in [5.74, 6) is 0.186. The van der Waals surface area contributed by atoms with E-state index in [1.54, 1.807) is 16.8 Å². The minimum Gasteiger partial charge on any atom is -0.354 e. The van der Waals surface area contributed by atoms with E-state index in [9.17, 15) is 19.7 Å². The van der Waals surface area contributed by atoms with Crippen LogP contribution in [0.5, 0.6) is 0 Å². The molecule has 1 aliphatic carbocycles. The van der Waals surface area contributed by atoms with Crippen LogP contribution in [0.15, 0.2) is 41.6 Å². The third kappa shape index (κ3) is 4.62. The summed E-state index contributed by atoms with van der Waals surface area (Å²) in [6.45, 7) is 1.01. The number of hydrogen-bond acceptors (Lipinski definition) is 6. The standard InChI is InChI=1S/C21H24N6O4/c28-20(16-6-2-1-3-7-16)22-9-10-26-19-18(12-24-26)21(29)25(14-23-19)13-15-5-4-8-17(11-15)27(30)31/h4-5,8,11-12,14,16H,1-3,6-7,9-10,13H2,(H,22,28). The molecule has 2 heterocycles. The van der Waals surface area contributed by atoms with Gasteiger partial charge in [0, 0.05) is 24.6 Å². The lowest BCUT2D eigenvalue weighted by molar-refractivity contribution is -0.384. The number of amides is 1. The number of nitro groups is 1. The average Bonchev–Trinajstić information content (AvgIpc) is 3.20. The van der Waals surface area contributed by atoms with E-state index in [1.165, 1.54) is 35.6 Å². The molecule has 2 aromatic heterocycles. The minimum absolute atomic E-state index is 0.0253. The Balaban J connectivity index is 1.44. The molecule has 0 spiro atoms. The Morgan fingerprint density at radius 3 is 2.84 bits per heavy atom. The number of aromatic nitrogens is 4. The fourth-order valence-corrected chi connectivity index (χ4v) is 4.03. The number of carbonyl (C=O) groups excluding carboxylic acids is 1. The lowest BCUT2D eigenvalue weighted by atomic mass is 9.89. The first-order valence-electron chi connectivity index (χ1n) is 10.4. The molecule has 0 atom stereocenters. The maximum atomic E-state index is 12.8. The zero-order chi connectivity index (χ0) is 21.8. The molecule has 1 amide bonds. The molecule has 10 heteroatoms. The van der Waals surface area contributed by atoms with Gasteiger partial charge in [0.1, 0.15) is 11.7 Å². The maximum Gasteiger partial charge on any atom is 0.269 e. The van der Waals surface area contributed by atoms with Crippen LogP contribution >= 0.6 is 0 Å². The molecule has 31 heavy (non-hydrogen) atoms. The lowest BCUT2D eigenvalue weighted by Crippen LogP contribution is -2.34. The number of fused-ring (bicyclic) bond motifs is 1. The Morgan fingerprint density at radius 2 is 2.06 bits per heavy atom. The van der Waals surface area contributed by atoms with Gasteiger partial charge in [-0.1, -0.05) is 31.4 Å². The highest BCUT2D eigenvalue weighted by Gasteiger charge is 2.20. The molecule has 1 saturated carbocycles. The SMILES string of the molecule is O=C(NCCn1ncc2c(=O)n(Cc3cccc([N+](=O)[O-])c3)cnc21)C1CCCCC1. The summed E-state index contributed by atoms with van der Waals surface area (Å²) in [5.41, 5.74) is 0.791. The first-order valence-corrected chi connectivity index (χ1v) is 10.4. The van der Waals surface area contributed by atoms with Gasteiger partial charge >= 0.3 is 0 Å². The van der Waals surface area contributed by atoms with Gasteiger partial charge in [0.2, 0.25) is 5.91 Å². The van der Waals surface area contributed by atoms with Crippen LogP contribution in [0.25, 0.3) is 11.0 Å². The predicted octanol–water partition coefficient (Wildman–Crippen LogP) is 2.25. The topological polar surface area (TPSA) is 125 Å². The highest BCUT2D eigenvalue weighted by atomic mass is 16.6. The van der Waals surface area contributed by atoms with E-state index in [2.05, 4.69) is 15.4 Å². The van der Waals surface area contributed by atoms with Crippen LogP contribution in [0.4, 0.5) is 5.69 Å². The second-order valence-corrected chi connectivity index (χ2v) is 7.84. The van der Waals surface area contributed by atoms with Gasteiger partial charge in [0.05, 0.1) is 24.2 Å². The molecule has 10 nitrogen and oxygen atoms in total. The largest absolute Gasteiger partial charge is 0.354 e. The first kappa shape index (κ1) is 20.7. The summed E-state index contributed by atoms with van der Waals surface area (Å²) < 4.78 is 3.01. The normalized spacial score (nSPS) is 14.6. The number of rotatable bonds is 7. The summed E-state index contributed by atoms with van der Waals surface area (Å²) in [4.78, 5) is 39.9. The van der Waals surface area contributed by atoms with Crippen molar-refractivity contribution in [2.45, 2.75) is 45.2 Å². The average molecular weight is 424 g/mol. The summed E-state index contributed by atoms with van der Waals surface area (Å²) in [6, 6.07) is 6.16. The molecule has 1 aliphatic rings. The quantitative estimate of drug-likeness (QED) is 0.458. The summed E-state index contributed by atoms with van der Waals surface area (Å²) in [6.07, 6.45) is 8.19. The molecule has 0 radical (unpaired) electrons. The van der Waals surface area contributed by atoms with Crippen molar-refractivity contribution in [1.82, 2.24) is 24.6 Å². The van der Waals surface area contributed by atoms with Crippen molar-refractivity contribution in [2.24, 2.45) is 5.92 Å². The van der Waals surface area contributed by atoms with E-state index < -0.39 is 4.92 Å². The zero-order valence-electron chi connectivity index (χ0n) is 17.1. The zero-order valence-corrected chi connectivity index (χ0v) is 17.1. The lowest BCUT2D eigenvalue weighted by Gasteiger charge is -2.20. The Labute approximate surface area is 178 Å². The van der Waals surface area contributed by atoms with E-state index >= 15 is 0 Å². The predicted molar refractivity (Wildman–Crippen MR) is 114 cm³/mol. The fraction of sp³-hybridized carbons (Fsp3) is 0.429. The number of benzene rings is 1. The van der Waals surface area contributed by atoms with Gasteiger partial charge in [-0.05, 0) is 18.4 Å². The summed E-state index contributed by atoms with van der Waals surface area (Å²) >= 11 is 0. The van der Waals surface area contributed by atoms with Gasteiger partial charge in [-0.2, -0.15) is 5.10 Å². The molecule has 0 unspecified atom stereocenters. The van der Waals surface area contributed by atoms with Crippen molar-refractivity contribution in [3.8, 4) is 0 Å². The van der Waals surface area contributed by atoms with Gasteiger partial charge in [-0.25, -0.2) is 9.67 Å². The van der Waals surface area contributed by atoms with E-state index in [0.29, 0.717) is 29.7 Å². The van der Waals surface area contributed by atoms with Crippen LogP contribution in [-0.2, 0) is 17.9 Å². The minimum atomic E-state index is -0.467.